The highest BCUT2D eigenvalue weighted by molar-refractivity contribution is 5.98. The van der Waals surface area contributed by atoms with E-state index in [2.05, 4.69) is 26.8 Å². The van der Waals surface area contributed by atoms with Crippen LogP contribution in [0.3, 0.4) is 0 Å². The largest absolute Gasteiger partial charge is 0.417 e. The number of nitrogens with zero attached hydrogens (tertiary/aromatic N) is 4. The van der Waals surface area contributed by atoms with Gasteiger partial charge < -0.3 is 11.1 Å². The van der Waals surface area contributed by atoms with Crippen LogP contribution in [0.25, 0.3) is 22.0 Å². The first-order valence-corrected chi connectivity index (χ1v) is 8.47. The Labute approximate surface area is 163 Å². The lowest BCUT2D eigenvalue weighted by molar-refractivity contribution is -0.137. The van der Waals surface area contributed by atoms with Crippen LogP contribution in [-0.2, 0) is 11.0 Å². The normalized spacial score (nSPS) is 13.4. The van der Waals surface area contributed by atoms with Gasteiger partial charge in [-0.2, -0.15) is 13.2 Å². The van der Waals surface area contributed by atoms with Gasteiger partial charge in [0.15, 0.2) is 0 Å². The molecule has 148 valence electrons. The van der Waals surface area contributed by atoms with Crippen molar-refractivity contribution in [2.45, 2.75) is 19.0 Å². The highest BCUT2D eigenvalue weighted by Crippen LogP contribution is 2.37. The lowest BCUT2D eigenvalue weighted by Gasteiger charge is -2.13. The average molecular weight is 400 g/mol. The Morgan fingerprint density at radius 3 is 2.62 bits per heavy atom. The summed E-state index contributed by atoms with van der Waals surface area (Å²) in [5.74, 6) is 0.256. The van der Waals surface area contributed by atoms with E-state index in [0.29, 0.717) is 16.6 Å². The lowest BCUT2D eigenvalue weighted by Crippen LogP contribution is -2.14. The van der Waals surface area contributed by atoms with E-state index >= 15 is 0 Å². The Kier molecular flexibility index (Phi) is 5.32. The number of nitrogens with one attached hydrogen (secondary N) is 1. The van der Waals surface area contributed by atoms with E-state index in [4.69, 9.17) is 11.0 Å². The third-order valence-corrected chi connectivity index (χ3v) is 4.35. The van der Waals surface area contributed by atoms with Crippen LogP contribution in [0, 0.1) is 17.8 Å². The molecule has 3 aromatic rings. The zero-order chi connectivity index (χ0) is 21.2. The molecule has 1 aliphatic rings. The monoisotopic (exact) mass is 400 g/mol. The molecule has 3 N–H and O–H groups in total. The summed E-state index contributed by atoms with van der Waals surface area (Å²) < 4.78 is 39.9. The molecule has 4 rings (SSSR count). The minimum Gasteiger partial charge on any atom is -0.383 e. The number of hydrogen-bond acceptors (Lipinski definition) is 6. The molecule has 0 aromatic carbocycles. The minimum absolute atomic E-state index is 0.00491. The van der Waals surface area contributed by atoms with Gasteiger partial charge in [0.05, 0.1) is 11.3 Å². The van der Waals surface area contributed by atoms with Crippen molar-refractivity contribution < 1.29 is 18.0 Å². The molecule has 7 nitrogen and oxygen atoms in total. The number of aromatic nitrogens is 3. The molecule has 0 saturated heterocycles. The Hall–Kier alpha value is -3.74. The number of alkyl halides is 3. The fourth-order valence-corrected chi connectivity index (χ4v) is 2.80. The van der Waals surface area contributed by atoms with Gasteiger partial charge in [0.1, 0.15) is 11.6 Å². The molecule has 1 aliphatic carbocycles. The van der Waals surface area contributed by atoms with Crippen LogP contribution in [0.1, 0.15) is 18.4 Å². The molecule has 10 heteroatoms. The summed E-state index contributed by atoms with van der Waals surface area (Å²) in [5, 5.41) is 10.2. The van der Waals surface area contributed by atoms with E-state index in [1.807, 2.05) is 0 Å². The summed E-state index contributed by atoms with van der Waals surface area (Å²) in [7, 11) is 0. The van der Waals surface area contributed by atoms with E-state index in [1.165, 1.54) is 12.3 Å². The molecule has 0 atom stereocenters. The van der Waals surface area contributed by atoms with Crippen LogP contribution in [0.2, 0.25) is 0 Å². The minimum atomic E-state index is -4.55. The molecule has 1 saturated carbocycles. The summed E-state index contributed by atoms with van der Waals surface area (Å²) in [5.41, 5.74) is 4.96. The van der Waals surface area contributed by atoms with E-state index in [-0.39, 0.29) is 28.9 Å². The van der Waals surface area contributed by atoms with Crippen molar-refractivity contribution in [3.8, 4) is 17.8 Å². The van der Waals surface area contributed by atoms with Crippen molar-refractivity contribution in [2.24, 2.45) is 5.92 Å². The molecule has 3 aromatic heterocycles. The van der Waals surface area contributed by atoms with Gasteiger partial charge in [-0.05, 0) is 36.4 Å². The Morgan fingerprint density at radius 1 is 1.24 bits per heavy atom. The van der Waals surface area contributed by atoms with Crippen molar-refractivity contribution in [3.05, 3.63) is 42.4 Å². The summed E-state index contributed by atoms with van der Waals surface area (Å²) in [6, 6.07) is 3.94. The third kappa shape index (κ3) is 4.24. The number of anilines is 2. The zero-order valence-corrected chi connectivity index (χ0v) is 14.9. The average Bonchev–Trinajstić information content (AvgIpc) is 3.54. The molecule has 0 spiro atoms. The van der Waals surface area contributed by atoms with Gasteiger partial charge >= 0.3 is 6.18 Å². The van der Waals surface area contributed by atoms with Gasteiger partial charge in [0, 0.05) is 42.0 Å². The number of fused-ring (bicyclic) bond motifs is 1. The van der Waals surface area contributed by atoms with E-state index in [0.717, 1.165) is 31.3 Å². The number of nitrogen functional groups attached to an aromatic ring is 1. The van der Waals surface area contributed by atoms with Crippen LogP contribution in [0.15, 0.2) is 36.8 Å². The number of halogens is 3. The molecular formula is C19H15F3N6O. The molecule has 0 aliphatic heterocycles. The SMILES string of the molecule is C#N.Nc1nc(-c2cnccc2C(F)(F)F)cc2cc(NC(=O)C3CC3)ncc12. The molecular weight excluding hydrogens is 385 g/mol. The van der Waals surface area contributed by atoms with Crippen molar-refractivity contribution >= 4 is 28.3 Å². The fourth-order valence-electron chi connectivity index (χ4n) is 2.80. The first kappa shape index (κ1) is 20.0. The van der Waals surface area contributed by atoms with E-state index < -0.39 is 11.7 Å². The maximum absolute atomic E-state index is 13.3. The predicted molar refractivity (Wildman–Crippen MR) is 100 cm³/mol. The van der Waals surface area contributed by atoms with Gasteiger partial charge in [-0.25, -0.2) is 15.2 Å². The first-order valence-electron chi connectivity index (χ1n) is 8.47. The number of hydrogen-bond donors (Lipinski definition) is 2. The predicted octanol–water partition coefficient (Wildman–Crippen LogP) is 3.78. The maximum atomic E-state index is 13.3. The highest BCUT2D eigenvalue weighted by atomic mass is 19.4. The molecule has 1 fully saturated rings. The zero-order valence-electron chi connectivity index (χ0n) is 14.9. The number of carbonyl (C=O) groups is 1. The summed E-state index contributed by atoms with van der Waals surface area (Å²) in [6.07, 6.45) is 0.770. The third-order valence-electron chi connectivity index (χ3n) is 4.35. The quantitative estimate of drug-likeness (QED) is 0.691. The molecule has 0 radical (unpaired) electrons. The van der Waals surface area contributed by atoms with Gasteiger partial charge in [0.25, 0.3) is 0 Å². The number of rotatable bonds is 3. The van der Waals surface area contributed by atoms with E-state index in [9.17, 15) is 18.0 Å². The summed E-state index contributed by atoms with van der Waals surface area (Å²) in [6.45, 7) is 3.50. The summed E-state index contributed by atoms with van der Waals surface area (Å²) >= 11 is 0. The summed E-state index contributed by atoms with van der Waals surface area (Å²) in [4.78, 5) is 23.9. The molecule has 1 amide bonds. The molecule has 3 heterocycles. The highest BCUT2D eigenvalue weighted by Gasteiger charge is 2.34. The number of nitriles is 1. The standard InChI is InChI=1S/C18H14F3N5O.CHN/c19-18(20,21)13-3-4-23-7-12(13)14-5-10-6-15(26-17(27)9-1-2-9)24-8-11(10)16(22)25-14;1-2/h3-9H,1-2H2,(H2,22,25)(H,24,26,27);1H. The second-order valence-electron chi connectivity index (χ2n) is 6.37. The second kappa shape index (κ2) is 7.71. The molecule has 29 heavy (non-hydrogen) atoms. The van der Waals surface area contributed by atoms with Gasteiger partial charge in [-0.1, -0.05) is 0 Å². The number of carbonyl (C=O) groups excluding carboxylic acids is 1. The molecule has 0 bridgehead atoms. The van der Waals surface area contributed by atoms with Gasteiger partial charge in [-0.15, -0.1) is 0 Å². The molecule has 0 unspecified atom stereocenters. The lowest BCUT2D eigenvalue weighted by atomic mass is 10.0. The van der Waals surface area contributed by atoms with Crippen LogP contribution >= 0.6 is 0 Å². The van der Waals surface area contributed by atoms with Crippen molar-refractivity contribution in [3.63, 3.8) is 0 Å². The van der Waals surface area contributed by atoms with Gasteiger partial charge in [-0.3, -0.25) is 9.78 Å². The van der Waals surface area contributed by atoms with Crippen LogP contribution < -0.4 is 11.1 Å². The van der Waals surface area contributed by atoms with Crippen molar-refractivity contribution in [2.75, 3.05) is 11.1 Å². The number of amides is 1. The topological polar surface area (TPSA) is 118 Å². The van der Waals surface area contributed by atoms with Gasteiger partial charge in [0.2, 0.25) is 5.91 Å². The van der Waals surface area contributed by atoms with E-state index in [1.54, 1.807) is 6.07 Å². The Bertz CT molecular complexity index is 1090. The second-order valence-corrected chi connectivity index (χ2v) is 6.37. The van der Waals surface area contributed by atoms with Crippen molar-refractivity contribution in [1.82, 2.24) is 15.0 Å². The van der Waals surface area contributed by atoms with Crippen molar-refractivity contribution in [1.29, 1.82) is 5.26 Å². The number of pyridine rings is 3. The van der Waals surface area contributed by atoms with Crippen LogP contribution in [0.5, 0.6) is 0 Å². The number of nitrogens with two attached hydrogens (primary N) is 1. The Morgan fingerprint density at radius 2 is 1.97 bits per heavy atom. The smallest absolute Gasteiger partial charge is 0.383 e. The fraction of sp³-hybridized carbons (Fsp3) is 0.211. The van der Waals surface area contributed by atoms with Crippen LogP contribution in [-0.4, -0.2) is 20.9 Å². The maximum Gasteiger partial charge on any atom is 0.417 e. The van der Waals surface area contributed by atoms with Crippen LogP contribution in [0.4, 0.5) is 24.8 Å². The first-order chi connectivity index (χ1) is 13.8. The Balaban J connectivity index is 0.00000117.